The molecule has 8 heteroatoms. The summed E-state index contributed by atoms with van der Waals surface area (Å²) in [6.07, 6.45) is 2.76. The molecule has 0 atom stereocenters. The van der Waals surface area contributed by atoms with Gasteiger partial charge < -0.3 is 20.0 Å². The lowest BCUT2D eigenvalue weighted by atomic mass is 9.98. The predicted octanol–water partition coefficient (Wildman–Crippen LogP) is 4.29. The molecule has 0 fully saturated rings. The molecular formula is C29H32N2O6. The number of amides is 1. The number of benzene rings is 2. The molecule has 1 amide bonds. The first kappa shape index (κ1) is 27.4. The molecule has 37 heavy (non-hydrogen) atoms. The number of aliphatic carboxylic acids is 2. The van der Waals surface area contributed by atoms with Crippen molar-refractivity contribution >= 4 is 35.5 Å². The van der Waals surface area contributed by atoms with Crippen molar-refractivity contribution in [3.63, 3.8) is 0 Å². The minimum atomic E-state index is -0.892. The van der Waals surface area contributed by atoms with Crippen LogP contribution < -0.4 is 0 Å². The van der Waals surface area contributed by atoms with Crippen molar-refractivity contribution in [3.8, 4) is 0 Å². The minimum absolute atomic E-state index is 0.00396. The van der Waals surface area contributed by atoms with Crippen LogP contribution in [0.25, 0.3) is 11.4 Å². The average Bonchev–Trinajstić information content (AvgIpc) is 3.16. The molecule has 1 aliphatic heterocycles. The lowest BCUT2D eigenvalue weighted by Gasteiger charge is -2.26. The van der Waals surface area contributed by atoms with Gasteiger partial charge in [-0.25, -0.2) is 0 Å². The second kappa shape index (κ2) is 13.2. The molecule has 0 aliphatic carbocycles. The number of nitrogens with zero attached hydrogens (tertiary/aromatic N) is 2. The van der Waals surface area contributed by atoms with Gasteiger partial charge in [-0.05, 0) is 36.8 Å². The normalized spacial score (nSPS) is 14.6. The third kappa shape index (κ3) is 6.94. The van der Waals surface area contributed by atoms with Gasteiger partial charge in [0.05, 0.1) is 22.5 Å². The molecule has 1 heterocycles. The number of carboxylic acids is 2. The minimum Gasteiger partial charge on any atom is -0.481 e. The standard InChI is InChI=1S/C29H32N2O6/c1-30(18-10-8-16-24(33)34)28(22-14-6-3-7-15-22)26-23(20-32)27(21-12-4-2-5-13-21)31(29(26)37)19-11-9-17-25(35)36/h2-7,12-15,20H,8-11,16-19H2,1H3,(H,33,34)(H,35,36)/b28-26+. The Morgan fingerprint density at radius 1 is 0.865 bits per heavy atom. The molecule has 3 rings (SSSR count). The number of rotatable bonds is 14. The second-order valence-electron chi connectivity index (χ2n) is 8.92. The zero-order valence-electron chi connectivity index (χ0n) is 20.9. The zero-order chi connectivity index (χ0) is 26.8. The van der Waals surface area contributed by atoms with E-state index < -0.39 is 11.9 Å². The zero-order valence-corrected chi connectivity index (χ0v) is 20.9. The highest BCUT2D eigenvalue weighted by Crippen LogP contribution is 2.39. The van der Waals surface area contributed by atoms with Gasteiger partial charge in [-0.3, -0.25) is 19.2 Å². The van der Waals surface area contributed by atoms with Crippen molar-refractivity contribution in [3.05, 3.63) is 82.9 Å². The molecule has 1 aliphatic rings. The number of carbonyl (C=O) groups is 4. The van der Waals surface area contributed by atoms with E-state index in [1.807, 2.05) is 72.6 Å². The smallest absolute Gasteiger partial charge is 0.303 e. The first-order valence-corrected chi connectivity index (χ1v) is 12.4. The van der Waals surface area contributed by atoms with Crippen LogP contribution in [0.1, 0.15) is 49.7 Å². The van der Waals surface area contributed by atoms with Gasteiger partial charge in [0.2, 0.25) is 0 Å². The SMILES string of the molecule is CN(CCCCC(=O)O)/C(=C1/C(=O)N(CCCCC(=O)O)C(c2ccccc2)=C1C=O)c1ccccc1. The van der Waals surface area contributed by atoms with Gasteiger partial charge in [-0.2, -0.15) is 0 Å². The summed E-state index contributed by atoms with van der Waals surface area (Å²) < 4.78 is 0. The lowest BCUT2D eigenvalue weighted by molar-refractivity contribution is -0.138. The largest absolute Gasteiger partial charge is 0.481 e. The van der Waals surface area contributed by atoms with Crippen LogP contribution in [-0.4, -0.2) is 64.3 Å². The highest BCUT2D eigenvalue weighted by atomic mass is 16.4. The Morgan fingerprint density at radius 2 is 1.43 bits per heavy atom. The van der Waals surface area contributed by atoms with Crippen molar-refractivity contribution in [2.45, 2.75) is 38.5 Å². The van der Waals surface area contributed by atoms with Crippen LogP contribution >= 0.6 is 0 Å². The summed E-state index contributed by atoms with van der Waals surface area (Å²) in [5.74, 6) is -2.06. The maximum atomic E-state index is 14.0. The number of aldehydes is 1. The van der Waals surface area contributed by atoms with E-state index >= 15 is 0 Å². The summed E-state index contributed by atoms with van der Waals surface area (Å²) in [6.45, 7) is 0.779. The summed E-state index contributed by atoms with van der Waals surface area (Å²) in [5.41, 5.74) is 3.18. The Labute approximate surface area is 216 Å². The molecule has 0 unspecified atom stereocenters. The fraction of sp³-hybridized carbons (Fsp3) is 0.310. The van der Waals surface area contributed by atoms with Gasteiger partial charge in [0.15, 0.2) is 6.29 Å². The van der Waals surface area contributed by atoms with Crippen molar-refractivity contribution in [2.75, 3.05) is 20.1 Å². The Kier molecular flexibility index (Phi) is 9.77. The monoisotopic (exact) mass is 504 g/mol. The lowest BCUT2D eigenvalue weighted by Crippen LogP contribution is -2.29. The third-order valence-electron chi connectivity index (χ3n) is 6.24. The van der Waals surface area contributed by atoms with Crippen LogP contribution in [0.15, 0.2) is 71.8 Å². The molecule has 0 saturated heterocycles. The van der Waals surface area contributed by atoms with Crippen LogP contribution in [-0.2, 0) is 19.2 Å². The summed E-state index contributed by atoms with van der Waals surface area (Å²) >= 11 is 0. The van der Waals surface area contributed by atoms with Crippen molar-refractivity contribution in [2.24, 2.45) is 0 Å². The molecule has 194 valence electrons. The Hall–Kier alpha value is -4.20. The Bertz CT molecular complexity index is 1190. The molecule has 0 radical (unpaired) electrons. The van der Waals surface area contributed by atoms with Crippen LogP contribution in [0.3, 0.4) is 0 Å². The molecule has 2 N–H and O–H groups in total. The summed E-state index contributed by atoms with van der Waals surface area (Å²) in [5, 5.41) is 18.0. The van der Waals surface area contributed by atoms with Gasteiger partial charge in [-0.1, -0.05) is 60.7 Å². The van der Waals surface area contributed by atoms with Crippen LogP contribution in [0.5, 0.6) is 0 Å². The fourth-order valence-electron chi connectivity index (χ4n) is 4.51. The molecule has 0 spiro atoms. The highest BCUT2D eigenvalue weighted by Gasteiger charge is 2.38. The number of unbranched alkanes of at least 4 members (excludes halogenated alkanes) is 2. The van der Waals surface area contributed by atoms with Gasteiger partial charge in [0.25, 0.3) is 5.91 Å². The summed E-state index contributed by atoms with van der Waals surface area (Å²) in [6, 6.07) is 18.6. The number of carbonyl (C=O) groups excluding carboxylic acids is 2. The van der Waals surface area contributed by atoms with Gasteiger partial charge >= 0.3 is 11.9 Å². The van der Waals surface area contributed by atoms with E-state index in [9.17, 15) is 19.2 Å². The van der Waals surface area contributed by atoms with Crippen LogP contribution in [0.2, 0.25) is 0 Å². The van der Waals surface area contributed by atoms with Crippen molar-refractivity contribution in [1.82, 2.24) is 9.80 Å². The van der Waals surface area contributed by atoms with Crippen molar-refractivity contribution < 1.29 is 29.4 Å². The first-order valence-electron chi connectivity index (χ1n) is 12.4. The molecule has 8 nitrogen and oxygen atoms in total. The van der Waals surface area contributed by atoms with E-state index in [1.54, 1.807) is 4.90 Å². The molecule has 2 aromatic carbocycles. The Morgan fingerprint density at radius 3 is 2.00 bits per heavy atom. The van der Waals surface area contributed by atoms with E-state index in [0.717, 1.165) is 11.1 Å². The molecule has 2 aromatic rings. The van der Waals surface area contributed by atoms with E-state index in [0.29, 0.717) is 55.5 Å². The van der Waals surface area contributed by atoms with Crippen molar-refractivity contribution in [1.29, 1.82) is 0 Å². The van der Waals surface area contributed by atoms with E-state index in [4.69, 9.17) is 10.2 Å². The number of hydrogen-bond donors (Lipinski definition) is 2. The van der Waals surface area contributed by atoms with Gasteiger partial charge in [0.1, 0.15) is 0 Å². The highest BCUT2D eigenvalue weighted by molar-refractivity contribution is 6.21. The molecule has 0 aromatic heterocycles. The molecular weight excluding hydrogens is 472 g/mol. The van der Waals surface area contributed by atoms with Gasteiger partial charge in [0, 0.05) is 33.0 Å². The maximum Gasteiger partial charge on any atom is 0.303 e. The first-order chi connectivity index (χ1) is 17.8. The number of hydrogen-bond acceptors (Lipinski definition) is 5. The topological polar surface area (TPSA) is 115 Å². The predicted molar refractivity (Wildman–Crippen MR) is 140 cm³/mol. The average molecular weight is 505 g/mol. The summed E-state index contributed by atoms with van der Waals surface area (Å²) in [4.78, 5) is 51.9. The van der Waals surface area contributed by atoms with Crippen LogP contribution in [0, 0.1) is 0 Å². The maximum absolute atomic E-state index is 14.0. The van der Waals surface area contributed by atoms with Gasteiger partial charge in [-0.15, -0.1) is 0 Å². The quantitative estimate of drug-likeness (QED) is 0.224. The van der Waals surface area contributed by atoms with E-state index in [1.165, 1.54) is 0 Å². The Balaban J connectivity index is 2.10. The number of carboxylic acid groups (broad SMARTS) is 2. The molecule has 0 saturated carbocycles. The summed E-state index contributed by atoms with van der Waals surface area (Å²) in [7, 11) is 1.84. The second-order valence-corrected chi connectivity index (χ2v) is 8.92. The van der Waals surface area contributed by atoms with E-state index in [-0.39, 0.29) is 30.9 Å². The van der Waals surface area contributed by atoms with Crippen LogP contribution in [0.4, 0.5) is 0 Å². The third-order valence-corrected chi connectivity index (χ3v) is 6.24. The molecule has 0 bridgehead atoms. The van der Waals surface area contributed by atoms with E-state index in [2.05, 4.69) is 0 Å². The fourth-order valence-corrected chi connectivity index (χ4v) is 4.51.